The van der Waals surface area contributed by atoms with Crippen molar-refractivity contribution in [2.24, 2.45) is 0 Å². The molecule has 9 nitrogen and oxygen atoms in total. The summed E-state index contributed by atoms with van der Waals surface area (Å²) in [6, 6.07) is 23.0. The van der Waals surface area contributed by atoms with Gasteiger partial charge in [-0.25, -0.2) is 13.6 Å². The van der Waals surface area contributed by atoms with Crippen LogP contribution in [0.15, 0.2) is 91.0 Å². The monoisotopic (exact) mass is 651 g/mol. The first-order valence-electron chi connectivity index (χ1n) is 14.6. The lowest BCUT2D eigenvalue weighted by atomic mass is 10.1. The molecule has 1 aliphatic heterocycles. The molecule has 2 amide bonds. The van der Waals surface area contributed by atoms with Gasteiger partial charge in [0.15, 0.2) is 11.6 Å². The minimum atomic E-state index is -0.748. The summed E-state index contributed by atoms with van der Waals surface area (Å²) < 4.78 is 43.6. The molecule has 0 radical (unpaired) electrons. The number of ether oxygens (including phenoxy) is 3. The number of carbonyl (C=O) groups excluding carboxylic acids is 2. The second-order valence-corrected chi connectivity index (χ2v) is 10.8. The molecule has 4 aromatic rings. The average molecular weight is 652 g/mol. The standard InChI is InChI=1S/C34H32ClF2N3O6/c35-29-4-2-1-3-24(29)20-38-33(42)31-21-39(34(43)46-28-10-5-23(22-41)6-11-28)15-16-40(31)26-8-12-27(13-9-26)44-17-18-45-32-19-25(36)7-14-30(32)37/h1-14,19,31,41H,15-18,20-22H2,(H,38,42)/t31-/m1/s1. The van der Waals surface area contributed by atoms with Crippen LogP contribution in [0.2, 0.25) is 5.02 Å². The first kappa shape index (κ1) is 32.5. The summed E-state index contributed by atoms with van der Waals surface area (Å²) in [6.07, 6.45) is -0.593. The van der Waals surface area contributed by atoms with Gasteiger partial charge in [0.25, 0.3) is 0 Å². The number of amides is 2. The Morgan fingerprint density at radius 1 is 0.891 bits per heavy atom. The first-order valence-corrected chi connectivity index (χ1v) is 14.9. The Balaban J connectivity index is 1.24. The van der Waals surface area contributed by atoms with E-state index in [-0.39, 0.29) is 44.6 Å². The third-order valence-corrected chi connectivity index (χ3v) is 7.70. The van der Waals surface area contributed by atoms with Crippen molar-refractivity contribution in [1.82, 2.24) is 10.2 Å². The molecule has 1 fully saturated rings. The summed E-state index contributed by atoms with van der Waals surface area (Å²) in [5, 5.41) is 12.7. The minimum absolute atomic E-state index is 0.000556. The summed E-state index contributed by atoms with van der Waals surface area (Å²) in [4.78, 5) is 30.0. The number of nitrogens with one attached hydrogen (secondary N) is 1. The third-order valence-electron chi connectivity index (χ3n) is 7.33. The molecular weight excluding hydrogens is 620 g/mol. The predicted octanol–water partition coefficient (Wildman–Crippen LogP) is 5.57. The van der Waals surface area contributed by atoms with E-state index in [1.54, 1.807) is 54.6 Å². The van der Waals surface area contributed by atoms with Gasteiger partial charge in [0.2, 0.25) is 5.91 Å². The molecule has 0 aliphatic carbocycles. The minimum Gasteiger partial charge on any atom is -0.490 e. The van der Waals surface area contributed by atoms with E-state index in [0.29, 0.717) is 35.2 Å². The van der Waals surface area contributed by atoms with Crippen molar-refractivity contribution < 1.29 is 37.7 Å². The first-order chi connectivity index (χ1) is 22.3. The Morgan fingerprint density at radius 3 is 2.35 bits per heavy atom. The van der Waals surface area contributed by atoms with E-state index in [0.717, 1.165) is 29.4 Å². The molecule has 0 aromatic heterocycles. The molecule has 2 N–H and O–H groups in total. The van der Waals surface area contributed by atoms with Crippen molar-refractivity contribution in [1.29, 1.82) is 0 Å². The quantitative estimate of drug-likeness (QED) is 0.205. The largest absolute Gasteiger partial charge is 0.490 e. The molecule has 0 bridgehead atoms. The van der Waals surface area contributed by atoms with E-state index in [1.165, 1.54) is 4.90 Å². The van der Waals surface area contributed by atoms with Gasteiger partial charge >= 0.3 is 6.09 Å². The molecule has 1 atom stereocenters. The van der Waals surface area contributed by atoms with Gasteiger partial charge in [0.05, 0.1) is 13.2 Å². The number of nitrogens with zero attached hydrogens (tertiary/aromatic N) is 2. The maximum Gasteiger partial charge on any atom is 0.415 e. The summed E-state index contributed by atoms with van der Waals surface area (Å²) in [7, 11) is 0. The fourth-order valence-electron chi connectivity index (χ4n) is 4.89. The highest BCUT2D eigenvalue weighted by atomic mass is 35.5. The van der Waals surface area contributed by atoms with Gasteiger partial charge < -0.3 is 34.4 Å². The van der Waals surface area contributed by atoms with Crippen LogP contribution in [-0.4, -0.2) is 60.9 Å². The Morgan fingerprint density at radius 2 is 1.61 bits per heavy atom. The van der Waals surface area contributed by atoms with Crippen molar-refractivity contribution in [3.63, 3.8) is 0 Å². The number of anilines is 1. The molecule has 12 heteroatoms. The third kappa shape index (κ3) is 8.43. The molecule has 0 saturated carbocycles. The number of benzene rings is 4. The lowest BCUT2D eigenvalue weighted by Gasteiger charge is -2.41. The van der Waals surface area contributed by atoms with Gasteiger partial charge in [-0.1, -0.05) is 41.9 Å². The van der Waals surface area contributed by atoms with Crippen LogP contribution in [-0.2, 0) is 17.9 Å². The summed E-state index contributed by atoms with van der Waals surface area (Å²) in [5.74, 6) is -0.920. The molecular formula is C34H32ClF2N3O6. The topological polar surface area (TPSA) is 101 Å². The van der Waals surface area contributed by atoms with E-state index < -0.39 is 23.8 Å². The maximum atomic E-state index is 13.8. The summed E-state index contributed by atoms with van der Waals surface area (Å²) >= 11 is 6.29. The van der Waals surface area contributed by atoms with E-state index in [1.807, 2.05) is 23.1 Å². The Hall–Kier alpha value is -4.87. The van der Waals surface area contributed by atoms with Crippen LogP contribution in [0.25, 0.3) is 0 Å². The Labute approximate surface area is 269 Å². The van der Waals surface area contributed by atoms with Crippen LogP contribution in [0.3, 0.4) is 0 Å². The second-order valence-electron chi connectivity index (χ2n) is 10.4. The lowest BCUT2D eigenvalue weighted by molar-refractivity contribution is -0.123. The Kier molecular flexibility index (Phi) is 10.9. The Bertz CT molecular complexity index is 1640. The highest BCUT2D eigenvalue weighted by Crippen LogP contribution is 2.26. The summed E-state index contributed by atoms with van der Waals surface area (Å²) in [6.45, 7) is 0.878. The van der Waals surface area contributed by atoms with Crippen LogP contribution in [0, 0.1) is 11.6 Å². The lowest BCUT2D eigenvalue weighted by Crippen LogP contribution is -2.60. The molecule has 5 rings (SSSR count). The zero-order valence-electron chi connectivity index (χ0n) is 24.7. The number of halogens is 3. The van der Waals surface area contributed by atoms with Crippen LogP contribution in [0.1, 0.15) is 11.1 Å². The van der Waals surface area contributed by atoms with Crippen LogP contribution in [0.5, 0.6) is 17.2 Å². The number of rotatable bonds is 11. The van der Waals surface area contributed by atoms with E-state index in [4.69, 9.17) is 25.8 Å². The predicted molar refractivity (Wildman–Crippen MR) is 168 cm³/mol. The van der Waals surface area contributed by atoms with Gasteiger partial charge in [-0.3, -0.25) is 4.79 Å². The van der Waals surface area contributed by atoms with Gasteiger partial charge in [-0.05, 0) is 65.7 Å². The zero-order valence-corrected chi connectivity index (χ0v) is 25.5. The van der Waals surface area contributed by atoms with Crippen molar-refractivity contribution in [2.75, 3.05) is 37.7 Å². The highest BCUT2D eigenvalue weighted by molar-refractivity contribution is 6.31. The smallest absolute Gasteiger partial charge is 0.415 e. The van der Waals surface area contributed by atoms with Crippen LogP contribution >= 0.6 is 11.6 Å². The van der Waals surface area contributed by atoms with Gasteiger partial charge in [-0.2, -0.15) is 0 Å². The number of hydrogen-bond donors (Lipinski definition) is 2. The normalized spacial score (nSPS) is 14.5. The molecule has 1 heterocycles. The molecule has 1 saturated heterocycles. The zero-order chi connectivity index (χ0) is 32.5. The number of carbonyl (C=O) groups is 2. The number of aliphatic hydroxyl groups excluding tert-OH is 1. The second kappa shape index (κ2) is 15.4. The SMILES string of the molecule is O=C(NCc1ccccc1Cl)[C@H]1CN(C(=O)Oc2ccc(CO)cc2)CCN1c1ccc(OCCOc2cc(F)ccc2F)cc1. The molecule has 4 aromatic carbocycles. The maximum absolute atomic E-state index is 13.8. The van der Waals surface area contributed by atoms with Gasteiger partial charge in [-0.15, -0.1) is 0 Å². The fraction of sp³-hybridized carbons (Fsp3) is 0.235. The number of hydrogen-bond acceptors (Lipinski definition) is 7. The van der Waals surface area contributed by atoms with Crippen molar-refractivity contribution >= 4 is 29.3 Å². The van der Waals surface area contributed by atoms with E-state index >= 15 is 0 Å². The van der Waals surface area contributed by atoms with Gasteiger partial charge in [0.1, 0.15) is 36.6 Å². The molecule has 0 spiro atoms. The van der Waals surface area contributed by atoms with Crippen molar-refractivity contribution in [2.45, 2.75) is 19.2 Å². The molecule has 0 unspecified atom stereocenters. The number of piperazine rings is 1. The fourth-order valence-corrected chi connectivity index (χ4v) is 5.09. The van der Waals surface area contributed by atoms with Crippen LogP contribution in [0.4, 0.5) is 19.3 Å². The van der Waals surface area contributed by atoms with Gasteiger partial charge in [0, 0.05) is 36.4 Å². The van der Waals surface area contributed by atoms with Crippen LogP contribution < -0.4 is 24.4 Å². The van der Waals surface area contributed by atoms with E-state index in [2.05, 4.69) is 5.32 Å². The van der Waals surface area contributed by atoms with E-state index in [9.17, 15) is 23.5 Å². The number of aliphatic hydroxyl groups is 1. The molecule has 240 valence electrons. The highest BCUT2D eigenvalue weighted by Gasteiger charge is 2.35. The summed E-state index contributed by atoms with van der Waals surface area (Å²) in [5.41, 5.74) is 2.18. The average Bonchev–Trinajstić information content (AvgIpc) is 3.08. The molecule has 1 aliphatic rings. The molecule has 46 heavy (non-hydrogen) atoms. The van der Waals surface area contributed by atoms with Crippen molar-refractivity contribution in [3.8, 4) is 17.2 Å². The van der Waals surface area contributed by atoms with Crippen molar-refractivity contribution in [3.05, 3.63) is 119 Å².